The smallest absolute Gasteiger partial charge is 0.413 e. The molecular formula is C16H23N3O5. The molecule has 0 unspecified atom stereocenters. The van der Waals surface area contributed by atoms with Crippen LogP contribution in [0.1, 0.15) is 26.3 Å². The number of carbonyl (C=O) groups is 2. The monoisotopic (exact) mass is 337 g/mol. The minimum absolute atomic E-state index is 0.233. The van der Waals surface area contributed by atoms with Gasteiger partial charge in [-0.15, -0.1) is 0 Å². The van der Waals surface area contributed by atoms with Crippen LogP contribution in [0.4, 0.5) is 10.6 Å². The second kappa shape index (κ2) is 7.59. The molecule has 0 spiro atoms. The zero-order valence-corrected chi connectivity index (χ0v) is 14.4. The largest absolute Gasteiger partial charge is 0.444 e. The molecule has 0 aliphatic carbocycles. The highest BCUT2D eigenvalue weighted by Crippen LogP contribution is 2.13. The third-order valence-electron chi connectivity index (χ3n) is 3.07. The molecule has 2 heterocycles. The van der Waals surface area contributed by atoms with Crippen LogP contribution in [0.25, 0.3) is 0 Å². The van der Waals surface area contributed by atoms with Crippen LogP contribution in [-0.4, -0.2) is 54.0 Å². The van der Waals surface area contributed by atoms with Gasteiger partial charge in [-0.25, -0.2) is 9.78 Å². The molecule has 1 saturated heterocycles. The van der Waals surface area contributed by atoms with Crippen molar-refractivity contribution in [2.24, 2.45) is 0 Å². The van der Waals surface area contributed by atoms with Gasteiger partial charge in [-0.2, -0.15) is 0 Å². The maximum atomic E-state index is 12.1. The molecule has 1 N–H and O–H groups in total. The maximum absolute atomic E-state index is 12.1. The molecule has 0 aromatic carbocycles. The van der Waals surface area contributed by atoms with Gasteiger partial charge in [-0.3, -0.25) is 10.1 Å². The molecule has 0 atom stereocenters. The summed E-state index contributed by atoms with van der Waals surface area (Å²) in [4.78, 5) is 29.4. The van der Waals surface area contributed by atoms with E-state index in [1.54, 1.807) is 46.1 Å². The van der Waals surface area contributed by atoms with Gasteiger partial charge in [0, 0.05) is 19.8 Å². The summed E-state index contributed by atoms with van der Waals surface area (Å²) in [5.41, 5.74) is 0.246. The number of anilines is 1. The van der Waals surface area contributed by atoms with Crippen LogP contribution in [0.2, 0.25) is 0 Å². The lowest BCUT2D eigenvalue weighted by molar-refractivity contribution is -0.157. The summed E-state index contributed by atoms with van der Waals surface area (Å²) in [6.45, 7) is 6.57. The van der Waals surface area contributed by atoms with Crippen molar-refractivity contribution in [2.75, 3.05) is 25.6 Å². The highest BCUT2D eigenvalue weighted by molar-refractivity contribution is 5.83. The molecule has 0 radical (unpaired) electrons. The van der Waals surface area contributed by atoms with E-state index in [9.17, 15) is 9.59 Å². The Kier molecular flexibility index (Phi) is 5.74. The predicted molar refractivity (Wildman–Crippen MR) is 86.3 cm³/mol. The molecule has 1 fully saturated rings. The minimum Gasteiger partial charge on any atom is -0.444 e. The van der Waals surface area contributed by atoms with Crippen LogP contribution in [0.15, 0.2) is 18.3 Å². The lowest BCUT2D eigenvalue weighted by Crippen LogP contribution is -2.36. The van der Waals surface area contributed by atoms with E-state index < -0.39 is 18.0 Å². The molecule has 8 heteroatoms. The Morgan fingerprint density at radius 1 is 1.33 bits per heavy atom. The topological polar surface area (TPSA) is 90.0 Å². The molecule has 0 bridgehead atoms. The van der Waals surface area contributed by atoms with Crippen molar-refractivity contribution >= 4 is 17.8 Å². The first-order chi connectivity index (χ1) is 11.2. The van der Waals surface area contributed by atoms with Gasteiger partial charge in [0.15, 0.2) is 0 Å². The van der Waals surface area contributed by atoms with Crippen LogP contribution in [0.5, 0.6) is 0 Å². The molecule has 132 valence electrons. The Bertz CT molecular complexity index is 576. The van der Waals surface area contributed by atoms with Crippen molar-refractivity contribution in [1.29, 1.82) is 0 Å². The SMILES string of the molecule is CN(Cc1ccc(NC(=O)OC(C)(C)C)nc1)C(=O)C1OCCO1. The molecule has 1 aromatic rings. The number of hydrogen-bond donors (Lipinski definition) is 1. The lowest BCUT2D eigenvalue weighted by atomic mass is 10.2. The number of rotatable bonds is 4. The van der Waals surface area contributed by atoms with E-state index in [1.807, 2.05) is 0 Å². The van der Waals surface area contributed by atoms with Crippen molar-refractivity contribution in [2.45, 2.75) is 39.2 Å². The fourth-order valence-corrected chi connectivity index (χ4v) is 2.03. The first kappa shape index (κ1) is 18.2. The number of nitrogens with one attached hydrogen (secondary N) is 1. The number of hydrogen-bond acceptors (Lipinski definition) is 6. The summed E-state index contributed by atoms with van der Waals surface area (Å²) in [6.07, 6.45) is 0.203. The van der Waals surface area contributed by atoms with E-state index in [4.69, 9.17) is 14.2 Å². The van der Waals surface area contributed by atoms with E-state index >= 15 is 0 Å². The van der Waals surface area contributed by atoms with Crippen LogP contribution in [-0.2, 0) is 25.5 Å². The number of nitrogens with zero attached hydrogens (tertiary/aromatic N) is 2. The Balaban J connectivity index is 1.87. The molecule has 1 aromatic heterocycles. The van der Waals surface area contributed by atoms with Crippen molar-refractivity contribution in [1.82, 2.24) is 9.88 Å². The number of carbonyl (C=O) groups excluding carboxylic acids is 2. The number of pyridine rings is 1. The molecule has 1 aliphatic heterocycles. The predicted octanol–water partition coefficient (Wildman–Crippen LogP) is 1.76. The molecule has 24 heavy (non-hydrogen) atoms. The van der Waals surface area contributed by atoms with E-state index in [0.29, 0.717) is 25.6 Å². The van der Waals surface area contributed by atoms with E-state index in [-0.39, 0.29) is 5.91 Å². The quantitative estimate of drug-likeness (QED) is 0.900. The highest BCUT2D eigenvalue weighted by atomic mass is 16.7. The van der Waals surface area contributed by atoms with Gasteiger partial charge < -0.3 is 19.1 Å². The van der Waals surface area contributed by atoms with Gasteiger partial charge in [-0.05, 0) is 32.4 Å². The third kappa shape index (κ3) is 5.47. The standard InChI is InChI=1S/C16H23N3O5/c1-16(2,3)24-15(21)18-12-6-5-11(9-17-12)10-19(4)13(20)14-22-7-8-23-14/h5-6,9,14H,7-8,10H2,1-4H3,(H,17,18,21). The fourth-order valence-electron chi connectivity index (χ4n) is 2.03. The summed E-state index contributed by atoms with van der Waals surface area (Å²) in [5, 5.41) is 2.55. The summed E-state index contributed by atoms with van der Waals surface area (Å²) < 4.78 is 15.5. The van der Waals surface area contributed by atoms with Crippen molar-refractivity contribution in [3.63, 3.8) is 0 Å². The van der Waals surface area contributed by atoms with Crippen molar-refractivity contribution < 1.29 is 23.8 Å². The first-order valence-corrected chi connectivity index (χ1v) is 7.68. The first-order valence-electron chi connectivity index (χ1n) is 7.68. The Hall–Kier alpha value is -2.19. The summed E-state index contributed by atoms with van der Waals surface area (Å²) in [7, 11) is 1.67. The number of aromatic nitrogens is 1. The molecule has 1 aliphatic rings. The van der Waals surface area contributed by atoms with Gasteiger partial charge in [0.05, 0.1) is 13.2 Å². The number of ether oxygens (including phenoxy) is 3. The number of amides is 2. The van der Waals surface area contributed by atoms with Crippen LogP contribution in [0.3, 0.4) is 0 Å². The van der Waals surface area contributed by atoms with Crippen molar-refractivity contribution in [3.8, 4) is 0 Å². The molecule has 2 amide bonds. The molecule has 0 saturated carbocycles. The molecule has 8 nitrogen and oxygen atoms in total. The zero-order chi connectivity index (χ0) is 17.7. The number of likely N-dealkylation sites (N-methyl/N-ethyl adjacent to an activating group) is 1. The lowest BCUT2D eigenvalue weighted by Gasteiger charge is -2.20. The zero-order valence-electron chi connectivity index (χ0n) is 14.4. The highest BCUT2D eigenvalue weighted by Gasteiger charge is 2.27. The summed E-state index contributed by atoms with van der Waals surface area (Å²) in [5.74, 6) is 0.146. The van der Waals surface area contributed by atoms with E-state index in [0.717, 1.165) is 5.56 Å². The second-order valence-corrected chi connectivity index (χ2v) is 6.45. The minimum atomic E-state index is -0.823. The molecular weight excluding hydrogens is 314 g/mol. The van der Waals surface area contributed by atoms with Crippen LogP contribution >= 0.6 is 0 Å². The summed E-state index contributed by atoms with van der Waals surface area (Å²) in [6, 6.07) is 3.43. The average molecular weight is 337 g/mol. The third-order valence-corrected chi connectivity index (χ3v) is 3.07. The van der Waals surface area contributed by atoms with E-state index in [2.05, 4.69) is 10.3 Å². The van der Waals surface area contributed by atoms with Crippen molar-refractivity contribution in [3.05, 3.63) is 23.9 Å². The van der Waals surface area contributed by atoms with Gasteiger partial charge in [0.1, 0.15) is 11.4 Å². The summed E-state index contributed by atoms with van der Waals surface area (Å²) >= 11 is 0. The van der Waals surface area contributed by atoms with Gasteiger partial charge in [0.2, 0.25) is 6.29 Å². The Morgan fingerprint density at radius 2 is 2.00 bits per heavy atom. The van der Waals surface area contributed by atoms with Gasteiger partial charge in [0.25, 0.3) is 5.91 Å². The van der Waals surface area contributed by atoms with Gasteiger partial charge in [-0.1, -0.05) is 6.07 Å². The molecule has 2 rings (SSSR count). The van der Waals surface area contributed by atoms with Crippen LogP contribution in [0, 0.1) is 0 Å². The van der Waals surface area contributed by atoms with Gasteiger partial charge >= 0.3 is 6.09 Å². The average Bonchev–Trinajstić information content (AvgIpc) is 3.00. The normalized spacial score (nSPS) is 15.2. The maximum Gasteiger partial charge on any atom is 0.413 e. The fraction of sp³-hybridized carbons (Fsp3) is 0.562. The van der Waals surface area contributed by atoms with Crippen LogP contribution < -0.4 is 5.32 Å². The second-order valence-electron chi connectivity index (χ2n) is 6.45. The Morgan fingerprint density at radius 3 is 2.54 bits per heavy atom. The Labute approximate surface area is 141 Å². The van der Waals surface area contributed by atoms with E-state index in [1.165, 1.54) is 4.90 Å².